The molecule has 1 spiro atoms. The maximum Gasteiger partial charge on any atom is 0.322 e. The largest absolute Gasteiger partial charge is 0.495 e. The summed E-state index contributed by atoms with van der Waals surface area (Å²) in [6.07, 6.45) is 2.19. The van der Waals surface area contributed by atoms with E-state index < -0.39 is 0 Å². The fraction of sp³-hybridized carbons (Fsp3) is 0.600. The molecular weight excluding hydrogens is 344 g/mol. The lowest BCUT2D eigenvalue weighted by Gasteiger charge is -2.49. The quantitative estimate of drug-likeness (QED) is 0.862. The van der Waals surface area contributed by atoms with Gasteiger partial charge in [0.2, 0.25) is 5.91 Å². The maximum atomic E-state index is 13.0. The molecular formula is C20H30N4O3. The minimum atomic E-state index is -0.146. The predicted octanol–water partition coefficient (Wildman–Crippen LogP) is 2.16. The van der Waals surface area contributed by atoms with Crippen LogP contribution in [0.5, 0.6) is 5.75 Å². The number of amides is 3. The van der Waals surface area contributed by atoms with Gasteiger partial charge in [-0.2, -0.15) is 0 Å². The SMILES string of the molecule is COc1ccc(C)cc1NC(=O)N1CCN(C)C2(CCC(=O)N(C)CC2)C1. The van der Waals surface area contributed by atoms with Crippen molar-refractivity contribution in [1.29, 1.82) is 0 Å². The average Bonchev–Trinajstić information content (AvgIpc) is 2.79. The smallest absolute Gasteiger partial charge is 0.322 e. The van der Waals surface area contributed by atoms with Gasteiger partial charge in [0.15, 0.2) is 0 Å². The van der Waals surface area contributed by atoms with Crippen molar-refractivity contribution >= 4 is 17.6 Å². The highest BCUT2D eigenvalue weighted by Crippen LogP contribution is 2.32. The molecule has 0 bridgehead atoms. The van der Waals surface area contributed by atoms with Crippen molar-refractivity contribution in [3.63, 3.8) is 0 Å². The standard InChI is InChI=1S/C20H30N4O3/c1-15-5-6-17(27-4)16(13-15)21-19(26)24-12-11-23(3)20(14-24)8-7-18(25)22(2)10-9-20/h5-6,13H,7-12,14H2,1-4H3,(H,21,26). The first-order valence-corrected chi connectivity index (χ1v) is 9.50. The Hall–Kier alpha value is -2.28. The van der Waals surface area contributed by atoms with E-state index in [9.17, 15) is 9.59 Å². The molecule has 0 aliphatic carbocycles. The van der Waals surface area contributed by atoms with Gasteiger partial charge in [0.25, 0.3) is 0 Å². The number of carbonyl (C=O) groups is 2. The first kappa shape index (κ1) is 19.5. The second kappa shape index (κ2) is 7.76. The van der Waals surface area contributed by atoms with Crippen molar-refractivity contribution in [3.8, 4) is 5.75 Å². The molecule has 2 saturated heterocycles. The van der Waals surface area contributed by atoms with Crippen LogP contribution >= 0.6 is 0 Å². The van der Waals surface area contributed by atoms with Crippen molar-refractivity contribution in [3.05, 3.63) is 23.8 Å². The van der Waals surface area contributed by atoms with Gasteiger partial charge in [0.05, 0.1) is 12.8 Å². The van der Waals surface area contributed by atoms with E-state index in [1.807, 2.05) is 37.1 Å². The number of nitrogens with zero attached hydrogens (tertiary/aromatic N) is 3. The summed E-state index contributed by atoms with van der Waals surface area (Å²) in [6.45, 7) is 4.81. The number of likely N-dealkylation sites (N-methyl/N-ethyl adjacent to an activating group) is 1. The van der Waals surface area contributed by atoms with Crippen LogP contribution in [0.1, 0.15) is 24.8 Å². The van der Waals surface area contributed by atoms with E-state index in [1.54, 1.807) is 12.0 Å². The summed E-state index contributed by atoms with van der Waals surface area (Å²) in [6, 6.07) is 5.62. The zero-order valence-electron chi connectivity index (χ0n) is 16.7. The molecule has 2 heterocycles. The third-order valence-electron chi connectivity index (χ3n) is 6.03. The molecule has 2 aliphatic rings. The fourth-order valence-electron chi connectivity index (χ4n) is 4.05. The second-order valence-corrected chi connectivity index (χ2v) is 7.77. The Morgan fingerprint density at radius 3 is 2.70 bits per heavy atom. The molecule has 2 aliphatic heterocycles. The summed E-state index contributed by atoms with van der Waals surface area (Å²) in [5.74, 6) is 0.839. The van der Waals surface area contributed by atoms with Crippen molar-refractivity contribution in [2.75, 3.05) is 52.7 Å². The number of nitrogens with one attached hydrogen (secondary N) is 1. The van der Waals surface area contributed by atoms with Gasteiger partial charge in [0, 0.05) is 45.2 Å². The zero-order chi connectivity index (χ0) is 19.6. The number of benzene rings is 1. The number of urea groups is 1. The third-order valence-corrected chi connectivity index (χ3v) is 6.03. The summed E-state index contributed by atoms with van der Waals surface area (Å²) in [4.78, 5) is 31.1. The summed E-state index contributed by atoms with van der Waals surface area (Å²) < 4.78 is 5.37. The molecule has 7 nitrogen and oxygen atoms in total. The summed E-state index contributed by atoms with van der Waals surface area (Å²) in [5.41, 5.74) is 1.60. The van der Waals surface area contributed by atoms with Crippen molar-refractivity contribution in [1.82, 2.24) is 14.7 Å². The average molecular weight is 374 g/mol. The van der Waals surface area contributed by atoms with Gasteiger partial charge in [-0.25, -0.2) is 4.79 Å². The molecule has 3 amide bonds. The van der Waals surface area contributed by atoms with Crippen LogP contribution in [0.15, 0.2) is 18.2 Å². The number of methoxy groups -OCH3 is 1. The summed E-state index contributed by atoms with van der Waals surface area (Å²) in [5, 5.41) is 3.01. The van der Waals surface area contributed by atoms with E-state index in [4.69, 9.17) is 4.74 Å². The van der Waals surface area contributed by atoms with Gasteiger partial charge in [-0.05, 0) is 44.5 Å². The number of hydrogen-bond donors (Lipinski definition) is 1. The van der Waals surface area contributed by atoms with Crippen LogP contribution in [-0.4, -0.2) is 79.6 Å². The number of ether oxygens (including phenoxy) is 1. The molecule has 2 fully saturated rings. The third kappa shape index (κ3) is 4.03. The molecule has 0 radical (unpaired) electrons. The normalized spacial score (nSPS) is 24.1. The summed E-state index contributed by atoms with van der Waals surface area (Å²) >= 11 is 0. The van der Waals surface area contributed by atoms with E-state index in [0.29, 0.717) is 30.9 Å². The highest BCUT2D eigenvalue weighted by Gasteiger charge is 2.43. The van der Waals surface area contributed by atoms with Crippen LogP contribution in [-0.2, 0) is 4.79 Å². The molecule has 1 aromatic carbocycles. The van der Waals surface area contributed by atoms with Crippen LogP contribution in [0.4, 0.5) is 10.5 Å². The fourth-order valence-corrected chi connectivity index (χ4v) is 4.05. The lowest BCUT2D eigenvalue weighted by atomic mass is 9.86. The predicted molar refractivity (Wildman–Crippen MR) is 105 cm³/mol. The molecule has 0 aromatic heterocycles. The van der Waals surface area contributed by atoms with E-state index in [1.165, 1.54) is 0 Å². The number of hydrogen-bond acceptors (Lipinski definition) is 4. The highest BCUT2D eigenvalue weighted by atomic mass is 16.5. The maximum absolute atomic E-state index is 13.0. The first-order chi connectivity index (χ1) is 12.8. The summed E-state index contributed by atoms with van der Waals surface area (Å²) in [7, 11) is 5.57. The van der Waals surface area contributed by atoms with Crippen LogP contribution in [0.25, 0.3) is 0 Å². The van der Waals surface area contributed by atoms with E-state index in [-0.39, 0.29) is 17.5 Å². The molecule has 0 saturated carbocycles. The Morgan fingerprint density at radius 1 is 1.19 bits per heavy atom. The van der Waals surface area contributed by atoms with E-state index in [0.717, 1.165) is 31.5 Å². The molecule has 148 valence electrons. The number of piperazine rings is 1. The molecule has 27 heavy (non-hydrogen) atoms. The first-order valence-electron chi connectivity index (χ1n) is 9.50. The Kier molecular flexibility index (Phi) is 5.60. The molecule has 1 atom stereocenters. The Morgan fingerprint density at radius 2 is 1.96 bits per heavy atom. The van der Waals surface area contributed by atoms with E-state index in [2.05, 4.69) is 17.3 Å². The Balaban J connectivity index is 1.75. The van der Waals surface area contributed by atoms with Crippen molar-refractivity contribution in [2.45, 2.75) is 31.7 Å². The number of anilines is 1. The van der Waals surface area contributed by atoms with Gasteiger partial charge >= 0.3 is 6.03 Å². The lowest BCUT2D eigenvalue weighted by molar-refractivity contribution is -0.129. The van der Waals surface area contributed by atoms with Gasteiger partial charge in [-0.15, -0.1) is 0 Å². The lowest BCUT2D eigenvalue weighted by Crippen LogP contribution is -2.62. The molecule has 1 N–H and O–H groups in total. The minimum Gasteiger partial charge on any atom is -0.495 e. The van der Waals surface area contributed by atoms with Gasteiger partial charge < -0.3 is 19.9 Å². The molecule has 3 rings (SSSR count). The van der Waals surface area contributed by atoms with Crippen LogP contribution in [0.3, 0.4) is 0 Å². The molecule has 1 unspecified atom stereocenters. The van der Waals surface area contributed by atoms with Gasteiger partial charge in [0.1, 0.15) is 5.75 Å². The van der Waals surface area contributed by atoms with E-state index >= 15 is 0 Å². The van der Waals surface area contributed by atoms with Gasteiger partial charge in [-0.3, -0.25) is 9.69 Å². The van der Waals surface area contributed by atoms with Gasteiger partial charge in [-0.1, -0.05) is 6.07 Å². The van der Waals surface area contributed by atoms with Crippen molar-refractivity contribution < 1.29 is 14.3 Å². The highest BCUT2D eigenvalue weighted by molar-refractivity contribution is 5.91. The van der Waals surface area contributed by atoms with Crippen LogP contribution in [0.2, 0.25) is 0 Å². The Labute approximate surface area is 161 Å². The van der Waals surface area contributed by atoms with Crippen LogP contribution in [0, 0.1) is 6.92 Å². The van der Waals surface area contributed by atoms with Crippen LogP contribution < -0.4 is 10.1 Å². The molecule has 1 aromatic rings. The number of carbonyl (C=O) groups excluding carboxylic acids is 2. The monoisotopic (exact) mass is 374 g/mol. The topological polar surface area (TPSA) is 65.1 Å². The zero-order valence-corrected chi connectivity index (χ0v) is 16.7. The second-order valence-electron chi connectivity index (χ2n) is 7.77. The molecule has 7 heteroatoms. The number of likely N-dealkylation sites (tertiary alicyclic amines) is 1. The number of aryl methyl sites for hydroxylation is 1. The minimum absolute atomic E-state index is 0.115. The Bertz CT molecular complexity index is 723. The number of rotatable bonds is 2. The van der Waals surface area contributed by atoms with Crippen molar-refractivity contribution in [2.24, 2.45) is 0 Å².